The van der Waals surface area contributed by atoms with Gasteiger partial charge < -0.3 is 0 Å². The predicted octanol–water partition coefficient (Wildman–Crippen LogP) is 3.82. The Labute approximate surface area is 73.6 Å². The van der Waals surface area contributed by atoms with Crippen LogP contribution in [0.1, 0.15) is 13.8 Å². The van der Waals surface area contributed by atoms with E-state index in [4.69, 9.17) is 11.6 Å². The minimum absolute atomic E-state index is 0.711. The summed E-state index contributed by atoms with van der Waals surface area (Å²) in [6.45, 7) is 11.3. The minimum atomic E-state index is 0.711. The van der Waals surface area contributed by atoms with Crippen molar-refractivity contribution in [2.24, 2.45) is 0 Å². The van der Waals surface area contributed by atoms with Crippen molar-refractivity contribution in [3.05, 3.63) is 47.6 Å². The molecule has 0 aromatic carbocycles. The summed E-state index contributed by atoms with van der Waals surface area (Å²) < 4.78 is 0. The van der Waals surface area contributed by atoms with Gasteiger partial charge in [-0.05, 0) is 25.5 Å². The van der Waals surface area contributed by atoms with Gasteiger partial charge in [0.1, 0.15) is 0 Å². The molecular formula is C10H13Cl. The Kier molecular flexibility index (Phi) is 4.64. The van der Waals surface area contributed by atoms with E-state index in [1.807, 2.05) is 26.0 Å². The van der Waals surface area contributed by atoms with Crippen molar-refractivity contribution in [3.8, 4) is 0 Å². The molecule has 0 aromatic rings. The molecule has 0 nitrogen and oxygen atoms in total. The van der Waals surface area contributed by atoms with Crippen molar-refractivity contribution in [1.82, 2.24) is 0 Å². The topological polar surface area (TPSA) is 0 Å². The molecule has 0 aliphatic carbocycles. The maximum Gasteiger partial charge on any atom is 0.0369 e. The number of rotatable bonds is 3. The summed E-state index contributed by atoms with van der Waals surface area (Å²) in [6, 6.07) is 0. The van der Waals surface area contributed by atoms with E-state index < -0.39 is 0 Å². The van der Waals surface area contributed by atoms with Crippen LogP contribution in [0.5, 0.6) is 0 Å². The fraction of sp³-hybridized carbons (Fsp3) is 0.200. The van der Waals surface area contributed by atoms with Gasteiger partial charge in [0.05, 0.1) is 0 Å². The maximum absolute atomic E-state index is 5.78. The zero-order valence-corrected chi connectivity index (χ0v) is 7.78. The van der Waals surface area contributed by atoms with Crippen molar-refractivity contribution < 1.29 is 0 Å². The Balaban J connectivity index is 4.62. The normalized spacial score (nSPS) is 13.0. The van der Waals surface area contributed by atoms with Gasteiger partial charge in [-0.1, -0.05) is 42.5 Å². The molecule has 11 heavy (non-hydrogen) atoms. The highest BCUT2D eigenvalue weighted by atomic mass is 35.5. The van der Waals surface area contributed by atoms with Crippen molar-refractivity contribution in [2.75, 3.05) is 0 Å². The molecule has 0 rings (SSSR count). The lowest BCUT2D eigenvalue weighted by molar-refractivity contribution is 1.45. The highest BCUT2D eigenvalue weighted by molar-refractivity contribution is 6.31. The summed E-state index contributed by atoms with van der Waals surface area (Å²) >= 11 is 5.78. The molecule has 0 fully saturated rings. The van der Waals surface area contributed by atoms with E-state index in [0.717, 1.165) is 11.1 Å². The van der Waals surface area contributed by atoms with Gasteiger partial charge >= 0.3 is 0 Å². The number of allylic oxidation sites excluding steroid dienone is 6. The fourth-order valence-corrected chi connectivity index (χ4v) is 0.706. The summed E-state index contributed by atoms with van der Waals surface area (Å²) in [5.41, 5.74) is 1.95. The van der Waals surface area contributed by atoms with E-state index in [2.05, 4.69) is 13.2 Å². The summed E-state index contributed by atoms with van der Waals surface area (Å²) in [6.07, 6.45) is 5.42. The Morgan fingerprint density at radius 1 is 1.45 bits per heavy atom. The van der Waals surface area contributed by atoms with Crippen LogP contribution in [-0.4, -0.2) is 0 Å². The van der Waals surface area contributed by atoms with Crippen LogP contribution in [0.25, 0.3) is 0 Å². The number of hydrogen-bond acceptors (Lipinski definition) is 0. The molecule has 0 spiro atoms. The lowest BCUT2D eigenvalue weighted by Crippen LogP contribution is -1.77. The Bertz CT molecular complexity index is 219. The minimum Gasteiger partial charge on any atom is -0.0985 e. The summed E-state index contributed by atoms with van der Waals surface area (Å²) in [5, 5.41) is 0.711. The molecule has 0 aromatic heterocycles. The second kappa shape index (κ2) is 4.97. The van der Waals surface area contributed by atoms with Crippen LogP contribution in [-0.2, 0) is 0 Å². The molecule has 0 saturated carbocycles. The van der Waals surface area contributed by atoms with Crippen LogP contribution < -0.4 is 0 Å². The van der Waals surface area contributed by atoms with E-state index in [1.54, 1.807) is 6.08 Å². The molecular weight excluding hydrogens is 156 g/mol. The van der Waals surface area contributed by atoms with Gasteiger partial charge in [0.15, 0.2) is 0 Å². The second-order valence-corrected chi connectivity index (χ2v) is 2.69. The molecule has 60 valence electrons. The summed E-state index contributed by atoms with van der Waals surface area (Å²) in [5.74, 6) is 0. The second-order valence-electron chi connectivity index (χ2n) is 2.26. The zero-order chi connectivity index (χ0) is 8.85. The predicted molar refractivity (Wildman–Crippen MR) is 52.7 cm³/mol. The molecule has 0 atom stereocenters. The van der Waals surface area contributed by atoms with Gasteiger partial charge in [-0.15, -0.1) is 0 Å². The molecule has 0 saturated heterocycles. The maximum atomic E-state index is 5.78. The third kappa shape index (κ3) is 3.84. The first-order valence-electron chi connectivity index (χ1n) is 3.43. The van der Waals surface area contributed by atoms with Crippen LogP contribution >= 0.6 is 11.6 Å². The number of hydrogen-bond donors (Lipinski definition) is 0. The molecule has 0 amide bonds. The highest BCUT2D eigenvalue weighted by Gasteiger charge is 1.91. The van der Waals surface area contributed by atoms with Gasteiger partial charge in [-0.2, -0.15) is 0 Å². The standard InChI is InChI=1S/C10H13Cl/c1-5-9(8(3)4)7-10(11)6-2/h5-7H,1,3H2,2,4H3/b9-7+,10-6+. The monoisotopic (exact) mass is 168 g/mol. The van der Waals surface area contributed by atoms with Gasteiger partial charge in [-0.25, -0.2) is 0 Å². The van der Waals surface area contributed by atoms with Crippen molar-refractivity contribution in [3.63, 3.8) is 0 Å². The van der Waals surface area contributed by atoms with Gasteiger partial charge in [-0.3, -0.25) is 0 Å². The van der Waals surface area contributed by atoms with Crippen molar-refractivity contribution in [2.45, 2.75) is 13.8 Å². The van der Waals surface area contributed by atoms with Crippen LogP contribution in [0.2, 0.25) is 0 Å². The van der Waals surface area contributed by atoms with Crippen LogP contribution in [0.4, 0.5) is 0 Å². The lowest BCUT2D eigenvalue weighted by atomic mass is 10.1. The number of halogens is 1. The molecule has 0 unspecified atom stereocenters. The molecule has 0 heterocycles. The van der Waals surface area contributed by atoms with E-state index in [9.17, 15) is 0 Å². The fourth-order valence-electron chi connectivity index (χ4n) is 0.588. The average molecular weight is 169 g/mol. The Hall–Kier alpha value is -0.750. The molecule has 0 N–H and O–H groups in total. The summed E-state index contributed by atoms with van der Waals surface area (Å²) in [7, 11) is 0. The molecule has 1 heteroatoms. The third-order valence-corrected chi connectivity index (χ3v) is 1.61. The largest absolute Gasteiger partial charge is 0.0985 e. The Morgan fingerprint density at radius 2 is 2.00 bits per heavy atom. The van der Waals surface area contributed by atoms with Gasteiger partial charge in [0.2, 0.25) is 0 Å². The third-order valence-electron chi connectivity index (χ3n) is 1.28. The average Bonchev–Trinajstić information content (AvgIpc) is 1.99. The van der Waals surface area contributed by atoms with Crippen molar-refractivity contribution in [1.29, 1.82) is 0 Å². The van der Waals surface area contributed by atoms with Gasteiger partial charge in [0, 0.05) is 5.03 Å². The molecule has 0 aliphatic heterocycles. The smallest absolute Gasteiger partial charge is 0.0369 e. The Morgan fingerprint density at radius 3 is 2.27 bits per heavy atom. The molecule has 0 aliphatic rings. The molecule has 0 radical (unpaired) electrons. The zero-order valence-electron chi connectivity index (χ0n) is 7.02. The summed E-state index contributed by atoms with van der Waals surface area (Å²) in [4.78, 5) is 0. The van der Waals surface area contributed by atoms with Crippen LogP contribution in [0.3, 0.4) is 0 Å². The SMILES string of the molecule is C=C/C(=C\C(Cl)=C/C)C(=C)C. The lowest BCUT2D eigenvalue weighted by Gasteiger charge is -1.98. The first-order valence-corrected chi connectivity index (χ1v) is 3.81. The van der Waals surface area contributed by atoms with E-state index >= 15 is 0 Å². The first-order chi connectivity index (χ1) is 5.11. The highest BCUT2D eigenvalue weighted by Crippen LogP contribution is 2.13. The molecule has 0 bridgehead atoms. The quantitative estimate of drug-likeness (QED) is 0.562. The van der Waals surface area contributed by atoms with Crippen molar-refractivity contribution >= 4 is 11.6 Å². The van der Waals surface area contributed by atoms with E-state index in [-0.39, 0.29) is 0 Å². The van der Waals surface area contributed by atoms with E-state index in [1.165, 1.54) is 0 Å². The van der Waals surface area contributed by atoms with Crippen LogP contribution in [0, 0.1) is 0 Å². The van der Waals surface area contributed by atoms with E-state index in [0.29, 0.717) is 5.03 Å². The van der Waals surface area contributed by atoms with Gasteiger partial charge in [0.25, 0.3) is 0 Å². The van der Waals surface area contributed by atoms with Crippen LogP contribution in [0.15, 0.2) is 47.6 Å². The first kappa shape index (κ1) is 10.2.